The zero-order valence-corrected chi connectivity index (χ0v) is 9.97. The summed E-state index contributed by atoms with van der Waals surface area (Å²) in [5, 5.41) is 3.32. The molecule has 1 unspecified atom stereocenters. The predicted octanol–water partition coefficient (Wildman–Crippen LogP) is 2.52. The summed E-state index contributed by atoms with van der Waals surface area (Å²) in [4.78, 5) is 4.44. The standard InChI is InChI=1S/C12H16N2.ClH/c1-9-3-5-11(6-4-9)10(2)12-13-7-8-14-12;/h3-6,10H,7-8H2,1-2H3,(H,13,14);1H. The van der Waals surface area contributed by atoms with Crippen molar-refractivity contribution in [3.8, 4) is 0 Å². The van der Waals surface area contributed by atoms with Gasteiger partial charge in [0, 0.05) is 12.5 Å². The van der Waals surface area contributed by atoms with Crippen molar-refractivity contribution in [1.82, 2.24) is 5.32 Å². The monoisotopic (exact) mass is 224 g/mol. The molecule has 0 saturated heterocycles. The Morgan fingerprint density at radius 1 is 1.27 bits per heavy atom. The molecule has 1 aliphatic heterocycles. The molecule has 1 aromatic rings. The lowest BCUT2D eigenvalue weighted by Crippen LogP contribution is -2.23. The van der Waals surface area contributed by atoms with E-state index in [9.17, 15) is 0 Å². The number of rotatable bonds is 2. The van der Waals surface area contributed by atoms with Crippen molar-refractivity contribution in [2.75, 3.05) is 13.1 Å². The summed E-state index contributed by atoms with van der Waals surface area (Å²) >= 11 is 0. The number of hydrogen-bond donors (Lipinski definition) is 1. The average molecular weight is 225 g/mol. The van der Waals surface area contributed by atoms with Crippen LogP contribution in [0.15, 0.2) is 29.3 Å². The summed E-state index contributed by atoms with van der Waals surface area (Å²) in [6.07, 6.45) is 0. The molecule has 0 bridgehead atoms. The summed E-state index contributed by atoms with van der Waals surface area (Å²) in [7, 11) is 0. The summed E-state index contributed by atoms with van der Waals surface area (Å²) in [6, 6.07) is 8.67. The molecule has 1 aliphatic rings. The second-order valence-electron chi connectivity index (χ2n) is 3.83. The van der Waals surface area contributed by atoms with Crippen molar-refractivity contribution >= 4 is 18.2 Å². The lowest BCUT2D eigenvalue weighted by molar-refractivity contribution is 0.918. The highest BCUT2D eigenvalue weighted by atomic mass is 35.5. The highest BCUT2D eigenvalue weighted by Crippen LogP contribution is 2.17. The zero-order valence-electron chi connectivity index (χ0n) is 9.16. The van der Waals surface area contributed by atoms with Gasteiger partial charge >= 0.3 is 0 Å². The van der Waals surface area contributed by atoms with Crippen molar-refractivity contribution in [2.24, 2.45) is 4.99 Å². The second kappa shape index (κ2) is 5.17. The van der Waals surface area contributed by atoms with E-state index in [0.29, 0.717) is 5.92 Å². The molecule has 0 spiro atoms. The van der Waals surface area contributed by atoms with Crippen LogP contribution >= 0.6 is 12.4 Å². The second-order valence-corrected chi connectivity index (χ2v) is 3.83. The van der Waals surface area contributed by atoms with Gasteiger partial charge in [0.1, 0.15) is 5.84 Å². The Balaban J connectivity index is 0.00000112. The van der Waals surface area contributed by atoms with Crippen LogP contribution in [0.4, 0.5) is 0 Å². The van der Waals surface area contributed by atoms with Gasteiger partial charge in [-0.3, -0.25) is 4.99 Å². The van der Waals surface area contributed by atoms with E-state index in [-0.39, 0.29) is 12.4 Å². The van der Waals surface area contributed by atoms with E-state index in [2.05, 4.69) is 48.4 Å². The van der Waals surface area contributed by atoms with Gasteiger partial charge in [-0.1, -0.05) is 36.8 Å². The van der Waals surface area contributed by atoms with Gasteiger partial charge in [0.25, 0.3) is 0 Å². The highest BCUT2D eigenvalue weighted by Gasteiger charge is 2.14. The van der Waals surface area contributed by atoms with E-state index in [1.54, 1.807) is 0 Å². The third-order valence-electron chi connectivity index (χ3n) is 2.69. The number of halogens is 1. The van der Waals surface area contributed by atoms with Crippen LogP contribution in [0.1, 0.15) is 24.0 Å². The van der Waals surface area contributed by atoms with Gasteiger partial charge in [0.05, 0.1) is 6.54 Å². The average Bonchev–Trinajstić information content (AvgIpc) is 2.71. The smallest absolute Gasteiger partial charge is 0.104 e. The van der Waals surface area contributed by atoms with E-state index < -0.39 is 0 Å². The van der Waals surface area contributed by atoms with Crippen LogP contribution in [-0.4, -0.2) is 18.9 Å². The molecule has 1 atom stereocenters. The number of amidine groups is 1. The molecule has 0 amide bonds. The molecule has 0 fully saturated rings. The maximum absolute atomic E-state index is 4.44. The van der Waals surface area contributed by atoms with E-state index in [1.807, 2.05) is 0 Å². The number of hydrogen-bond acceptors (Lipinski definition) is 2. The van der Waals surface area contributed by atoms with E-state index >= 15 is 0 Å². The number of nitrogens with zero attached hydrogens (tertiary/aromatic N) is 1. The zero-order chi connectivity index (χ0) is 9.97. The number of aliphatic imine (C=N–C) groups is 1. The third-order valence-corrected chi connectivity index (χ3v) is 2.69. The molecule has 0 aliphatic carbocycles. The van der Waals surface area contributed by atoms with Crippen LogP contribution in [0.2, 0.25) is 0 Å². The Kier molecular flexibility index (Phi) is 4.15. The number of benzene rings is 1. The summed E-state index contributed by atoms with van der Waals surface area (Å²) < 4.78 is 0. The van der Waals surface area contributed by atoms with Gasteiger partial charge in [-0.25, -0.2) is 0 Å². The fraction of sp³-hybridized carbons (Fsp3) is 0.417. The van der Waals surface area contributed by atoms with Crippen molar-refractivity contribution in [3.05, 3.63) is 35.4 Å². The van der Waals surface area contributed by atoms with Crippen molar-refractivity contribution in [3.63, 3.8) is 0 Å². The topological polar surface area (TPSA) is 24.4 Å². The molecule has 3 heteroatoms. The van der Waals surface area contributed by atoms with E-state index in [0.717, 1.165) is 18.9 Å². The largest absolute Gasteiger partial charge is 0.371 e. The predicted molar refractivity (Wildman–Crippen MR) is 67.1 cm³/mol. The van der Waals surface area contributed by atoms with Crippen LogP contribution in [-0.2, 0) is 0 Å². The number of aryl methyl sites for hydroxylation is 1. The van der Waals surface area contributed by atoms with Gasteiger partial charge < -0.3 is 5.32 Å². The van der Waals surface area contributed by atoms with Crippen LogP contribution in [0.5, 0.6) is 0 Å². The van der Waals surface area contributed by atoms with E-state index in [1.165, 1.54) is 11.1 Å². The van der Waals surface area contributed by atoms with Crippen LogP contribution in [0.3, 0.4) is 0 Å². The molecule has 1 N–H and O–H groups in total. The minimum atomic E-state index is 0. The molecule has 2 nitrogen and oxygen atoms in total. The lowest BCUT2D eigenvalue weighted by atomic mass is 9.99. The minimum absolute atomic E-state index is 0. The maximum Gasteiger partial charge on any atom is 0.104 e. The molecule has 1 heterocycles. The quantitative estimate of drug-likeness (QED) is 0.821. The molecule has 15 heavy (non-hydrogen) atoms. The molecule has 0 saturated carbocycles. The van der Waals surface area contributed by atoms with Gasteiger partial charge in [0.2, 0.25) is 0 Å². The lowest BCUT2D eigenvalue weighted by Gasteiger charge is -2.12. The van der Waals surface area contributed by atoms with Crippen LogP contribution < -0.4 is 5.32 Å². The molecular formula is C12H17ClN2. The first-order valence-electron chi connectivity index (χ1n) is 5.12. The van der Waals surface area contributed by atoms with Crippen molar-refractivity contribution in [1.29, 1.82) is 0 Å². The Hall–Kier alpha value is -1.02. The summed E-state index contributed by atoms with van der Waals surface area (Å²) in [5.74, 6) is 1.53. The van der Waals surface area contributed by atoms with Gasteiger partial charge in [-0.15, -0.1) is 12.4 Å². The van der Waals surface area contributed by atoms with Crippen molar-refractivity contribution in [2.45, 2.75) is 19.8 Å². The molecule has 0 aromatic heterocycles. The third kappa shape index (κ3) is 2.72. The van der Waals surface area contributed by atoms with Crippen LogP contribution in [0.25, 0.3) is 0 Å². The Morgan fingerprint density at radius 3 is 2.47 bits per heavy atom. The minimum Gasteiger partial charge on any atom is -0.371 e. The molecule has 2 rings (SSSR count). The Labute approximate surface area is 97.2 Å². The first-order valence-corrected chi connectivity index (χ1v) is 5.12. The van der Waals surface area contributed by atoms with Gasteiger partial charge in [0.15, 0.2) is 0 Å². The van der Waals surface area contributed by atoms with Crippen molar-refractivity contribution < 1.29 is 0 Å². The van der Waals surface area contributed by atoms with Crippen LogP contribution in [0, 0.1) is 6.92 Å². The SMILES string of the molecule is Cc1ccc(C(C)C2=NCCN2)cc1.Cl. The highest BCUT2D eigenvalue weighted by molar-refractivity contribution is 5.89. The molecular weight excluding hydrogens is 208 g/mol. The summed E-state index contributed by atoms with van der Waals surface area (Å²) in [5.41, 5.74) is 2.64. The molecule has 0 radical (unpaired) electrons. The summed E-state index contributed by atoms with van der Waals surface area (Å²) in [6.45, 7) is 6.22. The molecule has 1 aromatic carbocycles. The number of nitrogens with one attached hydrogen (secondary N) is 1. The fourth-order valence-corrected chi connectivity index (χ4v) is 1.72. The first kappa shape index (κ1) is 12.1. The van der Waals surface area contributed by atoms with E-state index in [4.69, 9.17) is 0 Å². The molecule has 82 valence electrons. The first-order chi connectivity index (χ1) is 6.77. The van der Waals surface area contributed by atoms with Gasteiger partial charge in [-0.2, -0.15) is 0 Å². The normalized spacial score (nSPS) is 16.3. The van der Waals surface area contributed by atoms with Gasteiger partial charge in [-0.05, 0) is 12.5 Å². The maximum atomic E-state index is 4.44. The Morgan fingerprint density at radius 2 is 1.93 bits per heavy atom. The Bertz CT molecular complexity index is 343. The fourth-order valence-electron chi connectivity index (χ4n) is 1.72.